The monoisotopic (exact) mass is 685 g/mol. The SMILES string of the molecule is c1ccc(-c2nc(Cc3cccc4oc5ccc(-c6cccc7c6oc6ccccc67)cc5c34)nc(-c3cccc4c3sc3ccccc34)n2)cc1. The first-order chi connectivity index (χ1) is 25.7. The molecule has 0 spiro atoms. The van der Waals surface area contributed by atoms with E-state index in [-0.39, 0.29) is 0 Å². The van der Waals surface area contributed by atoms with Gasteiger partial charge in [-0.05, 0) is 47.5 Å². The van der Waals surface area contributed by atoms with E-state index in [0.717, 1.165) is 71.7 Å². The zero-order chi connectivity index (χ0) is 34.2. The van der Waals surface area contributed by atoms with Crippen LogP contribution in [0.3, 0.4) is 0 Å². The van der Waals surface area contributed by atoms with Crippen molar-refractivity contribution in [3.8, 4) is 33.9 Å². The van der Waals surface area contributed by atoms with Crippen LogP contribution in [0.4, 0.5) is 0 Å². The minimum absolute atomic E-state index is 0.507. The van der Waals surface area contributed by atoms with Gasteiger partial charge in [-0.25, -0.2) is 15.0 Å². The van der Waals surface area contributed by atoms with Gasteiger partial charge in [-0.15, -0.1) is 11.3 Å². The van der Waals surface area contributed by atoms with Gasteiger partial charge in [0.15, 0.2) is 11.6 Å². The van der Waals surface area contributed by atoms with Crippen LogP contribution in [0, 0.1) is 0 Å². The molecule has 0 amide bonds. The van der Waals surface area contributed by atoms with E-state index in [4.69, 9.17) is 23.8 Å². The summed E-state index contributed by atoms with van der Waals surface area (Å²) in [6, 6.07) is 52.3. The van der Waals surface area contributed by atoms with Crippen LogP contribution in [-0.4, -0.2) is 15.0 Å². The third-order valence-electron chi connectivity index (χ3n) is 10.0. The number of para-hydroxylation sites is 2. The standard InChI is InChI=1S/C46H27N3O2S/c1-2-11-27(12-3-1)45-47-41(48-46(49-45)35-19-10-18-34-32-15-5-7-22-40(32)52-44(34)35)26-29-13-8-21-39-42(29)36-25-28(23-24-38(36)50-39)30-16-9-17-33-31-14-4-6-20-37(31)51-43(30)33/h1-25H,26H2. The largest absolute Gasteiger partial charge is 0.456 e. The van der Waals surface area contributed by atoms with Gasteiger partial charge in [0, 0.05) is 64.8 Å². The Morgan fingerprint density at radius 3 is 2.10 bits per heavy atom. The second-order valence-electron chi connectivity index (χ2n) is 13.1. The summed E-state index contributed by atoms with van der Waals surface area (Å²) in [5.41, 5.74) is 8.61. The molecule has 11 rings (SSSR count). The Morgan fingerprint density at radius 2 is 1.17 bits per heavy atom. The molecule has 0 aliphatic rings. The molecule has 0 aliphatic heterocycles. The lowest BCUT2D eigenvalue weighted by Gasteiger charge is -2.10. The molecule has 0 bridgehead atoms. The van der Waals surface area contributed by atoms with E-state index in [1.807, 2.05) is 42.5 Å². The molecule has 7 aromatic carbocycles. The fourth-order valence-electron chi connectivity index (χ4n) is 7.62. The predicted molar refractivity (Wildman–Crippen MR) is 213 cm³/mol. The van der Waals surface area contributed by atoms with Crippen LogP contribution in [0.1, 0.15) is 11.4 Å². The van der Waals surface area contributed by atoms with E-state index in [1.165, 1.54) is 20.2 Å². The van der Waals surface area contributed by atoms with Crippen molar-refractivity contribution in [2.24, 2.45) is 0 Å². The molecular weight excluding hydrogens is 659 g/mol. The second-order valence-corrected chi connectivity index (χ2v) is 14.2. The van der Waals surface area contributed by atoms with Crippen LogP contribution in [-0.2, 0) is 6.42 Å². The van der Waals surface area contributed by atoms with Gasteiger partial charge in [0.05, 0.1) is 0 Å². The maximum absolute atomic E-state index is 6.45. The van der Waals surface area contributed by atoms with E-state index in [9.17, 15) is 0 Å². The third-order valence-corrected chi connectivity index (χ3v) is 11.2. The smallest absolute Gasteiger partial charge is 0.165 e. The van der Waals surface area contributed by atoms with E-state index in [0.29, 0.717) is 23.9 Å². The van der Waals surface area contributed by atoms with Gasteiger partial charge in [-0.2, -0.15) is 0 Å². The first-order valence-electron chi connectivity index (χ1n) is 17.3. The Labute approximate surface area is 301 Å². The topological polar surface area (TPSA) is 65.0 Å². The number of aromatic nitrogens is 3. The van der Waals surface area contributed by atoms with Gasteiger partial charge in [0.2, 0.25) is 0 Å². The average molecular weight is 686 g/mol. The average Bonchev–Trinajstić information content (AvgIpc) is 3.89. The second kappa shape index (κ2) is 11.5. The highest BCUT2D eigenvalue weighted by Gasteiger charge is 2.19. The van der Waals surface area contributed by atoms with E-state index < -0.39 is 0 Å². The zero-order valence-electron chi connectivity index (χ0n) is 27.7. The lowest BCUT2D eigenvalue weighted by atomic mass is 9.98. The van der Waals surface area contributed by atoms with Crippen molar-refractivity contribution < 1.29 is 8.83 Å². The molecule has 52 heavy (non-hydrogen) atoms. The van der Waals surface area contributed by atoms with Gasteiger partial charge in [-0.3, -0.25) is 0 Å². The van der Waals surface area contributed by atoms with Crippen LogP contribution in [0.5, 0.6) is 0 Å². The molecule has 4 aromatic heterocycles. The zero-order valence-corrected chi connectivity index (χ0v) is 28.5. The Bertz CT molecular complexity index is 3170. The van der Waals surface area contributed by atoms with Gasteiger partial charge in [-0.1, -0.05) is 115 Å². The number of hydrogen-bond donors (Lipinski definition) is 0. The molecule has 4 heterocycles. The van der Waals surface area contributed by atoms with Crippen molar-refractivity contribution in [2.45, 2.75) is 6.42 Å². The van der Waals surface area contributed by atoms with Crippen molar-refractivity contribution in [2.75, 3.05) is 0 Å². The Balaban J connectivity index is 1.08. The molecule has 5 nitrogen and oxygen atoms in total. The molecule has 0 aliphatic carbocycles. The van der Waals surface area contributed by atoms with Crippen molar-refractivity contribution in [1.82, 2.24) is 15.0 Å². The summed E-state index contributed by atoms with van der Waals surface area (Å²) < 4.78 is 15.3. The maximum Gasteiger partial charge on any atom is 0.165 e. The maximum atomic E-state index is 6.45. The highest BCUT2D eigenvalue weighted by molar-refractivity contribution is 7.26. The predicted octanol–water partition coefficient (Wildman–Crippen LogP) is 12.6. The van der Waals surface area contributed by atoms with Gasteiger partial charge < -0.3 is 8.83 Å². The minimum atomic E-state index is 0.507. The Kier molecular flexibility index (Phi) is 6.42. The summed E-state index contributed by atoms with van der Waals surface area (Å²) in [6.07, 6.45) is 0.507. The number of nitrogens with zero attached hydrogens (tertiary/aromatic N) is 3. The number of hydrogen-bond acceptors (Lipinski definition) is 6. The van der Waals surface area contributed by atoms with Crippen molar-refractivity contribution >= 4 is 75.4 Å². The summed E-state index contributed by atoms with van der Waals surface area (Å²) in [4.78, 5) is 15.3. The van der Waals surface area contributed by atoms with Crippen LogP contribution < -0.4 is 0 Å². The van der Waals surface area contributed by atoms with Crippen LogP contribution in [0.15, 0.2) is 160 Å². The number of fused-ring (bicyclic) bond motifs is 9. The Hall–Kier alpha value is -6.63. The summed E-state index contributed by atoms with van der Waals surface area (Å²) in [6.45, 7) is 0. The quantitative estimate of drug-likeness (QED) is 0.180. The lowest BCUT2D eigenvalue weighted by Crippen LogP contribution is -2.04. The molecule has 11 aromatic rings. The van der Waals surface area contributed by atoms with E-state index >= 15 is 0 Å². The first-order valence-corrected chi connectivity index (χ1v) is 18.1. The van der Waals surface area contributed by atoms with Crippen molar-refractivity contribution in [3.05, 3.63) is 163 Å². The number of thiophene rings is 1. The fourth-order valence-corrected chi connectivity index (χ4v) is 8.83. The van der Waals surface area contributed by atoms with Crippen molar-refractivity contribution in [3.63, 3.8) is 0 Å². The van der Waals surface area contributed by atoms with E-state index in [1.54, 1.807) is 11.3 Å². The molecule has 0 atom stereocenters. The highest BCUT2D eigenvalue weighted by atomic mass is 32.1. The molecule has 0 saturated heterocycles. The van der Waals surface area contributed by atoms with Gasteiger partial charge in [0.1, 0.15) is 28.2 Å². The summed E-state index contributed by atoms with van der Waals surface area (Å²) in [5, 5.41) is 6.79. The van der Waals surface area contributed by atoms with Gasteiger partial charge >= 0.3 is 0 Å². The van der Waals surface area contributed by atoms with Crippen LogP contribution >= 0.6 is 11.3 Å². The van der Waals surface area contributed by atoms with Crippen LogP contribution in [0.25, 0.3) is 98.0 Å². The molecular formula is C46H27N3O2S. The molecule has 244 valence electrons. The molecule has 0 radical (unpaired) electrons. The number of rotatable bonds is 5. The van der Waals surface area contributed by atoms with Crippen molar-refractivity contribution in [1.29, 1.82) is 0 Å². The molecule has 0 saturated carbocycles. The molecule has 0 N–H and O–H groups in total. The van der Waals surface area contributed by atoms with E-state index in [2.05, 4.69) is 109 Å². The number of benzene rings is 7. The fraction of sp³-hybridized carbons (Fsp3) is 0.0217. The molecule has 0 fully saturated rings. The number of furan rings is 2. The van der Waals surface area contributed by atoms with Gasteiger partial charge in [0.25, 0.3) is 0 Å². The first kappa shape index (κ1) is 29.1. The normalized spacial score (nSPS) is 11.9. The summed E-state index contributed by atoms with van der Waals surface area (Å²) in [5.74, 6) is 2.03. The van der Waals surface area contributed by atoms with Crippen LogP contribution in [0.2, 0.25) is 0 Å². The minimum Gasteiger partial charge on any atom is -0.456 e. The third kappa shape index (κ3) is 4.58. The molecule has 0 unspecified atom stereocenters. The molecule has 6 heteroatoms. The lowest BCUT2D eigenvalue weighted by molar-refractivity contribution is 0.668. The highest BCUT2D eigenvalue weighted by Crippen LogP contribution is 2.41. The summed E-state index contributed by atoms with van der Waals surface area (Å²) in [7, 11) is 0. The Morgan fingerprint density at radius 1 is 0.462 bits per heavy atom. The summed E-state index contributed by atoms with van der Waals surface area (Å²) >= 11 is 1.78.